The van der Waals surface area contributed by atoms with Crippen molar-refractivity contribution in [3.63, 3.8) is 0 Å². The van der Waals surface area contributed by atoms with Gasteiger partial charge in [0, 0.05) is 11.8 Å². The van der Waals surface area contributed by atoms with Gasteiger partial charge in [-0.1, -0.05) is 26.7 Å². The quantitative estimate of drug-likeness (QED) is 0.683. The van der Waals surface area contributed by atoms with Gasteiger partial charge in [0.2, 0.25) is 5.91 Å². The van der Waals surface area contributed by atoms with Crippen molar-refractivity contribution < 1.29 is 4.79 Å². The molecule has 1 aromatic rings. The Balaban J connectivity index is 2.44. The second-order valence-corrected chi connectivity index (χ2v) is 3.87. The van der Waals surface area contributed by atoms with Gasteiger partial charge in [0.15, 0.2) is 5.82 Å². The Hall–Kier alpha value is -1.36. The van der Waals surface area contributed by atoms with Gasteiger partial charge >= 0.3 is 0 Å². The number of hydrogen-bond donors (Lipinski definition) is 3. The largest absolute Gasteiger partial charge is 0.320 e. The number of nitrogens with zero attached hydrogens (tertiary/aromatic N) is 1. The fourth-order valence-corrected chi connectivity index (χ4v) is 1.38. The van der Waals surface area contributed by atoms with Gasteiger partial charge in [-0.2, -0.15) is 5.10 Å². The van der Waals surface area contributed by atoms with Gasteiger partial charge in [-0.3, -0.25) is 9.89 Å². The molecule has 5 heteroatoms. The van der Waals surface area contributed by atoms with Crippen LogP contribution in [-0.2, 0) is 11.2 Å². The van der Waals surface area contributed by atoms with E-state index in [9.17, 15) is 4.79 Å². The molecule has 1 atom stereocenters. The highest BCUT2D eigenvalue weighted by Crippen LogP contribution is 2.07. The lowest BCUT2D eigenvalue weighted by molar-refractivity contribution is -0.117. The monoisotopic (exact) mass is 224 g/mol. The van der Waals surface area contributed by atoms with E-state index < -0.39 is 6.04 Å². The third-order valence-electron chi connectivity index (χ3n) is 2.47. The van der Waals surface area contributed by atoms with Crippen LogP contribution >= 0.6 is 0 Å². The summed E-state index contributed by atoms with van der Waals surface area (Å²) in [5.41, 5.74) is 6.74. The molecule has 0 bridgehead atoms. The number of carbonyl (C=O) groups is 1. The number of nitrogens with one attached hydrogen (secondary N) is 2. The van der Waals surface area contributed by atoms with E-state index in [0.29, 0.717) is 12.2 Å². The molecule has 16 heavy (non-hydrogen) atoms. The van der Waals surface area contributed by atoms with Crippen LogP contribution in [0.15, 0.2) is 6.07 Å². The third-order valence-corrected chi connectivity index (χ3v) is 2.47. The summed E-state index contributed by atoms with van der Waals surface area (Å²) in [7, 11) is 0. The lowest BCUT2D eigenvalue weighted by Crippen LogP contribution is -2.35. The minimum atomic E-state index is -0.443. The minimum absolute atomic E-state index is 0.164. The number of carbonyl (C=O) groups excluding carboxylic acids is 1. The van der Waals surface area contributed by atoms with Gasteiger partial charge in [0.1, 0.15) is 0 Å². The minimum Gasteiger partial charge on any atom is -0.320 e. The van der Waals surface area contributed by atoms with Gasteiger partial charge in [0.05, 0.1) is 6.04 Å². The molecule has 0 aliphatic carbocycles. The Morgan fingerprint density at radius 1 is 1.62 bits per heavy atom. The van der Waals surface area contributed by atoms with Crippen molar-refractivity contribution >= 4 is 11.7 Å². The number of amides is 1. The molecule has 0 saturated heterocycles. The van der Waals surface area contributed by atoms with E-state index in [1.54, 1.807) is 0 Å². The van der Waals surface area contributed by atoms with Crippen LogP contribution in [0.3, 0.4) is 0 Å². The molecule has 1 rings (SSSR count). The fraction of sp³-hybridized carbons (Fsp3) is 0.636. The van der Waals surface area contributed by atoms with E-state index in [4.69, 9.17) is 5.73 Å². The summed E-state index contributed by atoms with van der Waals surface area (Å²) in [4.78, 5) is 11.6. The molecular weight excluding hydrogens is 204 g/mol. The number of H-pyrrole nitrogens is 1. The summed E-state index contributed by atoms with van der Waals surface area (Å²) >= 11 is 0. The van der Waals surface area contributed by atoms with E-state index in [1.165, 1.54) is 0 Å². The lowest BCUT2D eigenvalue weighted by Gasteiger charge is -2.09. The van der Waals surface area contributed by atoms with Crippen molar-refractivity contribution in [3.8, 4) is 0 Å². The molecule has 1 amide bonds. The first-order valence-electron chi connectivity index (χ1n) is 5.78. The number of aromatic nitrogens is 2. The van der Waals surface area contributed by atoms with Crippen LogP contribution in [0.5, 0.6) is 0 Å². The van der Waals surface area contributed by atoms with Crippen LogP contribution in [0.25, 0.3) is 0 Å². The van der Waals surface area contributed by atoms with Gasteiger partial charge in [-0.15, -0.1) is 0 Å². The number of hydrogen-bond acceptors (Lipinski definition) is 3. The highest BCUT2D eigenvalue weighted by atomic mass is 16.2. The van der Waals surface area contributed by atoms with Crippen molar-refractivity contribution in [2.45, 2.75) is 45.6 Å². The first kappa shape index (κ1) is 12.7. The maximum atomic E-state index is 11.6. The van der Waals surface area contributed by atoms with E-state index in [0.717, 1.165) is 25.0 Å². The molecule has 4 N–H and O–H groups in total. The van der Waals surface area contributed by atoms with Gasteiger partial charge in [0.25, 0.3) is 0 Å². The number of aryl methyl sites for hydroxylation is 1. The summed E-state index contributed by atoms with van der Waals surface area (Å²) in [6, 6.07) is 1.38. The summed E-state index contributed by atoms with van der Waals surface area (Å²) < 4.78 is 0. The normalized spacial score (nSPS) is 12.4. The van der Waals surface area contributed by atoms with Gasteiger partial charge in [-0.25, -0.2) is 0 Å². The number of anilines is 1. The van der Waals surface area contributed by atoms with Gasteiger partial charge in [-0.05, 0) is 12.8 Å². The molecule has 5 nitrogen and oxygen atoms in total. The summed E-state index contributed by atoms with van der Waals surface area (Å²) in [6.45, 7) is 4.10. The standard InChI is InChI=1S/C11H20N4O/c1-3-5-6-9(12)11(16)13-10-7-8(4-2)14-15-10/h7,9H,3-6,12H2,1-2H3,(H2,13,14,15,16). The van der Waals surface area contributed by atoms with Crippen molar-refractivity contribution in [2.75, 3.05) is 5.32 Å². The number of aromatic amines is 1. The van der Waals surface area contributed by atoms with Crippen LogP contribution in [-0.4, -0.2) is 22.1 Å². The number of unbranched alkanes of at least 4 members (excludes halogenated alkanes) is 1. The molecule has 0 fully saturated rings. The average Bonchev–Trinajstić information content (AvgIpc) is 2.73. The zero-order chi connectivity index (χ0) is 12.0. The Bertz CT molecular complexity index is 334. The lowest BCUT2D eigenvalue weighted by atomic mass is 10.1. The number of nitrogens with two attached hydrogens (primary N) is 1. The summed E-state index contributed by atoms with van der Waals surface area (Å²) in [5.74, 6) is 0.386. The first-order valence-corrected chi connectivity index (χ1v) is 5.78. The molecule has 1 unspecified atom stereocenters. The van der Waals surface area contributed by atoms with E-state index in [1.807, 2.05) is 13.0 Å². The Labute approximate surface area is 95.8 Å². The van der Waals surface area contributed by atoms with Gasteiger partial charge < -0.3 is 11.1 Å². The topological polar surface area (TPSA) is 83.8 Å². The Morgan fingerprint density at radius 3 is 2.94 bits per heavy atom. The molecule has 0 aromatic carbocycles. The molecule has 1 aromatic heterocycles. The maximum absolute atomic E-state index is 11.6. The van der Waals surface area contributed by atoms with Crippen molar-refractivity contribution in [1.82, 2.24) is 10.2 Å². The predicted octanol–water partition coefficient (Wildman–Crippen LogP) is 1.43. The molecule has 0 radical (unpaired) electrons. The molecule has 0 aliphatic rings. The van der Waals surface area contributed by atoms with E-state index >= 15 is 0 Å². The van der Waals surface area contributed by atoms with Crippen LogP contribution in [0, 0.1) is 0 Å². The second kappa shape index (κ2) is 6.27. The predicted molar refractivity (Wildman–Crippen MR) is 64.1 cm³/mol. The van der Waals surface area contributed by atoms with E-state index in [2.05, 4.69) is 22.4 Å². The van der Waals surface area contributed by atoms with Crippen LogP contribution < -0.4 is 11.1 Å². The maximum Gasteiger partial charge on any atom is 0.242 e. The molecule has 0 aliphatic heterocycles. The Morgan fingerprint density at radius 2 is 2.38 bits per heavy atom. The van der Waals surface area contributed by atoms with Crippen LogP contribution in [0.2, 0.25) is 0 Å². The Kier molecular flexibility index (Phi) is 4.98. The van der Waals surface area contributed by atoms with Crippen molar-refractivity contribution in [1.29, 1.82) is 0 Å². The van der Waals surface area contributed by atoms with Crippen LogP contribution in [0.4, 0.5) is 5.82 Å². The molecule has 0 spiro atoms. The zero-order valence-electron chi connectivity index (χ0n) is 9.92. The third kappa shape index (κ3) is 3.66. The molecule has 1 heterocycles. The van der Waals surface area contributed by atoms with E-state index in [-0.39, 0.29) is 5.91 Å². The average molecular weight is 224 g/mol. The van der Waals surface area contributed by atoms with Crippen molar-refractivity contribution in [2.24, 2.45) is 5.73 Å². The highest BCUT2D eigenvalue weighted by molar-refractivity contribution is 5.93. The summed E-state index contributed by atoms with van der Waals surface area (Å²) in [5, 5.41) is 9.51. The molecule has 0 saturated carbocycles. The zero-order valence-corrected chi connectivity index (χ0v) is 9.92. The van der Waals surface area contributed by atoms with Crippen LogP contribution in [0.1, 0.15) is 38.8 Å². The molecular formula is C11H20N4O. The van der Waals surface area contributed by atoms with Crippen molar-refractivity contribution in [3.05, 3.63) is 11.8 Å². The summed E-state index contributed by atoms with van der Waals surface area (Å²) in [6.07, 6.45) is 3.59. The SMILES string of the molecule is CCCCC(N)C(=O)Nc1cc(CC)[nH]n1. The first-order chi connectivity index (χ1) is 7.67. The number of rotatable bonds is 6. The fourth-order valence-electron chi connectivity index (χ4n) is 1.38. The smallest absolute Gasteiger partial charge is 0.242 e. The molecule has 90 valence electrons. The second-order valence-electron chi connectivity index (χ2n) is 3.87. The highest BCUT2D eigenvalue weighted by Gasteiger charge is 2.13.